The molecule has 7 heteroatoms. The van der Waals surface area contributed by atoms with E-state index in [0.717, 1.165) is 0 Å². The Balaban J connectivity index is 1.35. The molecular weight excluding hydrogens is 410 g/mol. The highest BCUT2D eigenvalue weighted by molar-refractivity contribution is 7.09. The summed E-state index contributed by atoms with van der Waals surface area (Å²) in [5.41, 5.74) is 1.87. The first-order valence-corrected chi connectivity index (χ1v) is 10.6. The summed E-state index contributed by atoms with van der Waals surface area (Å²) >= 11 is 1.65. The van der Waals surface area contributed by atoms with Gasteiger partial charge in [0.15, 0.2) is 6.61 Å². The molecule has 31 heavy (non-hydrogen) atoms. The third-order valence-corrected chi connectivity index (χ3v) is 5.35. The molecule has 0 radical (unpaired) electrons. The summed E-state index contributed by atoms with van der Waals surface area (Å²) in [5.74, 6) is 0.0301. The Labute approximate surface area is 184 Å². The van der Waals surface area contributed by atoms with Gasteiger partial charge in [0.2, 0.25) is 0 Å². The monoisotopic (exact) mass is 431 g/mol. The summed E-state index contributed by atoms with van der Waals surface area (Å²) in [5, 5.41) is 7.68. The van der Waals surface area contributed by atoms with Crippen molar-refractivity contribution in [2.45, 2.75) is 6.54 Å². The zero-order valence-electron chi connectivity index (χ0n) is 16.7. The van der Waals surface area contributed by atoms with Gasteiger partial charge in [-0.15, -0.1) is 11.3 Å². The second kappa shape index (κ2) is 9.77. The van der Waals surface area contributed by atoms with Gasteiger partial charge in [0.1, 0.15) is 11.4 Å². The largest absolute Gasteiger partial charge is 0.484 e. The highest BCUT2D eigenvalue weighted by Crippen LogP contribution is 2.19. The van der Waals surface area contributed by atoms with E-state index in [0.29, 0.717) is 29.4 Å². The molecule has 0 aliphatic heterocycles. The van der Waals surface area contributed by atoms with Crippen LogP contribution in [0.4, 0.5) is 11.4 Å². The number of anilines is 2. The molecule has 2 amide bonds. The van der Waals surface area contributed by atoms with Gasteiger partial charge >= 0.3 is 0 Å². The topological polar surface area (TPSA) is 72.4 Å². The number of carbonyl (C=O) groups is 2. The summed E-state index contributed by atoms with van der Waals surface area (Å²) in [4.78, 5) is 26.0. The fourth-order valence-corrected chi connectivity index (χ4v) is 3.76. The van der Waals surface area contributed by atoms with Crippen LogP contribution in [-0.4, -0.2) is 23.0 Å². The van der Waals surface area contributed by atoms with Gasteiger partial charge in [-0.2, -0.15) is 0 Å². The maximum absolute atomic E-state index is 12.8. The molecule has 0 bridgehead atoms. The quantitative estimate of drug-likeness (QED) is 0.418. The third kappa shape index (κ3) is 5.61. The maximum Gasteiger partial charge on any atom is 0.272 e. The molecule has 156 valence electrons. The summed E-state index contributed by atoms with van der Waals surface area (Å²) in [6, 6.07) is 23.9. The van der Waals surface area contributed by atoms with Gasteiger partial charge in [0.05, 0.1) is 6.54 Å². The van der Waals surface area contributed by atoms with Crippen molar-refractivity contribution in [3.8, 4) is 5.75 Å². The van der Waals surface area contributed by atoms with Crippen LogP contribution >= 0.6 is 11.3 Å². The van der Waals surface area contributed by atoms with E-state index in [1.54, 1.807) is 41.7 Å². The van der Waals surface area contributed by atoms with Crippen molar-refractivity contribution in [2.24, 2.45) is 0 Å². The Morgan fingerprint density at radius 2 is 1.71 bits per heavy atom. The molecule has 4 rings (SSSR count). The van der Waals surface area contributed by atoms with Crippen molar-refractivity contribution in [3.05, 3.63) is 101 Å². The van der Waals surface area contributed by atoms with E-state index in [9.17, 15) is 9.59 Å². The average molecular weight is 432 g/mol. The Bertz CT molecular complexity index is 1150. The lowest BCUT2D eigenvalue weighted by Crippen LogP contribution is -2.20. The van der Waals surface area contributed by atoms with Gasteiger partial charge < -0.3 is 19.9 Å². The highest BCUT2D eigenvalue weighted by atomic mass is 32.1. The number of nitrogens with zero attached hydrogens (tertiary/aromatic N) is 1. The Morgan fingerprint density at radius 1 is 0.871 bits per heavy atom. The number of thiophene rings is 1. The molecule has 0 saturated carbocycles. The molecule has 0 spiro atoms. The number of rotatable bonds is 8. The zero-order valence-corrected chi connectivity index (χ0v) is 17.5. The Hall–Kier alpha value is -3.84. The van der Waals surface area contributed by atoms with Crippen molar-refractivity contribution in [1.82, 2.24) is 4.57 Å². The zero-order chi connectivity index (χ0) is 21.5. The third-order valence-electron chi connectivity index (χ3n) is 4.49. The summed E-state index contributed by atoms with van der Waals surface area (Å²) in [7, 11) is 0. The number of ether oxygens (including phenoxy) is 1. The van der Waals surface area contributed by atoms with Gasteiger partial charge in [-0.25, -0.2) is 0 Å². The summed E-state index contributed by atoms with van der Waals surface area (Å²) in [6.45, 7) is 0.517. The van der Waals surface area contributed by atoms with Crippen LogP contribution in [0.15, 0.2) is 90.4 Å². The molecule has 4 aromatic rings. The lowest BCUT2D eigenvalue weighted by molar-refractivity contribution is -0.118. The second-order valence-electron chi connectivity index (χ2n) is 6.79. The maximum atomic E-state index is 12.8. The molecule has 2 aromatic heterocycles. The van der Waals surface area contributed by atoms with Crippen molar-refractivity contribution < 1.29 is 14.3 Å². The number of hydrogen-bond acceptors (Lipinski definition) is 4. The van der Waals surface area contributed by atoms with Crippen LogP contribution < -0.4 is 15.4 Å². The number of nitrogens with one attached hydrogen (secondary N) is 2. The van der Waals surface area contributed by atoms with Crippen molar-refractivity contribution >= 4 is 34.5 Å². The first-order valence-electron chi connectivity index (χ1n) is 9.74. The number of para-hydroxylation sites is 1. The molecule has 0 unspecified atom stereocenters. The minimum Gasteiger partial charge on any atom is -0.484 e. The normalized spacial score (nSPS) is 10.5. The SMILES string of the molecule is O=C(COc1cccc(NC(=O)c2cccn2Cc2cccs2)c1)Nc1ccccc1. The van der Waals surface area contributed by atoms with E-state index >= 15 is 0 Å². The molecular formula is C24H21N3O3S. The lowest BCUT2D eigenvalue weighted by atomic mass is 10.3. The van der Waals surface area contributed by atoms with Crippen molar-refractivity contribution in [3.63, 3.8) is 0 Å². The minimum absolute atomic E-state index is 0.129. The number of amides is 2. The average Bonchev–Trinajstić information content (AvgIpc) is 3.46. The van der Waals surface area contributed by atoms with Crippen molar-refractivity contribution in [2.75, 3.05) is 17.2 Å². The van der Waals surface area contributed by atoms with Gasteiger partial charge in [0.25, 0.3) is 11.8 Å². The smallest absolute Gasteiger partial charge is 0.272 e. The molecule has 0 aliphatic carbocycles. The molecule has 0 fully saturated rings. The first-order chi connectivity index (χ1) is 15.2. The molecule has 2 N–H and O–H groups in total. The van der Waals surface area contributed by atoms with E-state index in [1.165, 1.54) is 4.88 Å². The van der Waals surface area contributed by atoms with E-state index in [1.807, 2.05) is 64.7 Å². The second-order valence-corrected chi connectivity index (χ2v) is 7.82. The molecule has 0 aliphatic rings. The molecule has 0 atom stereocenters. The van der Waals surface area contributed by atoms with E-state index in [-0.39, 0.29) is 18.4 Å². The van der Waals surface area contributed by atoms with Gasteiger partial charge in [-0.3, -0.25) is 9.59 Å². The predicted molar refractivity (Wildman–Crippen MR) is 123 cm³/mol. The predicted octanol–water partition coefficient (Wildman–Crippen LogP) is 4.87. The van der Waals surface area contributed by atoms with Crippen molar-refractivity contribution in [1.29, 1.82) is 0 Å². The number of hydrogen-bond donors (Lipinski definition) is 2. The van der Waals surface area contributed by atoms with Gasteiger partial charge in [-0.05, 0) is 47.8 Å². The summed E-state index contributed by atoms with van der Waals surface area (Å²) < 4.78 is 7.49. The molecule has 0 saturated heterocycles. The van der Waals surface area contributed by atoms with Crippen LogP contribution in [0.1, 0.15) is 15.4 Å². The fraction of sp³-hybridized carbons (Fsp3) is 0.0833. The fourth-order valence-electron chi connectivity index (χ4n) is 3.05. The van der Waals surface area contributed by atoms with E-state index < -0.39 is 0 Å². The summed E-state index contributed by atoms with van der Waals surface area (Å²) in [6.07, 6.45) is 1.89. The molecule has 2 heterocycles. The van der Waals surface area contributed by atoms with Gasteiger partial charge in [0, 0.05) is 28.5 Å². The molecule has 6 nitrogen and oxygen atoms in total. The minimum atomic E-state index is -0.257. The number of carbonyl (C=O) groups excluding carboxylic acids is 2. The van der Waals surface area contributed by atoms with Crippen LogP contribution in [-0.2, 0) is 11.3 Å². The van der Waals surface area contributed by atoms with Crippen LogP contribution in [0.5, 0.6) is 5.75 Å². The highest BCUT2D eigenvalue weighted by Gasteiger charge is 2.12. The standard InChI is InChI=1S/C24H21N3O3S/c28-23(25-18-7-2-1-3-8-18)17-30-20-10-4-9-19(15-20)26-24(29)22-12-5-13-27(22)16-21-11-6-14-31-21/h1-15H,16-17H2,(H,25,28)(H,26,29). The van der Waals surface area contributed by atoms with Crippen LogP contribution in [0.3, 0.4) is 0 Å². The van der Waals surface area contributed by atoms with E-state index in [4.69, 9.17) is 4.74 Å². The number of aromatic nitrogens is 1. The van der Waals surface area contributed by atoms with Crippen LogP contribution in [0, 0.1) is 0 Å². The Kier molecular flexibility index (Phi) is 6.44. The van der Waals surface area contributed by atoms with Crippen LogP contribution in [0.25, 0.3) is 0 Å². The Morgan fingerprint density at radius 3 is 2.52 bits per heavy atom. The van der Waals surface area contributed by atoms with E-state index in [2.05, 4.69) is 10.6 Å². The number of benzene rings is 2. The van der Waals surface area contributed by atoms with Crippen LogP contribution in [0.2, 0.25) is 0 Å². The molecule has 2 aromatic carbocycles. The lowest BCUT2D eigenvalue weighted by Gasteiger charge is -2.11. The van der Waals surface area contributed by atoms with Gasteiger partial charge in [-0.1, -0.05) is 30.3 Å². The first kappa shape index (κ1) is 20.4.